The summed E-state index contributed by atoms with van der Waals surface area (Å²) in [5.74, 6) is 0. The molecule has 0 heterocycles. The predicted octanol–water partition coefficient (Wildman–Crippen LogP) is 0.823. The highest BCUT2D eigenvalue weighted by Gasteiger charge is 2.07. The third-order valence-corrected chi connectivity index (χ3v) is 2.76. The lowest BCUT2D eigenvalue weighted by Gasteiger charge is -2.19. The first kappa shape index (κ1) is 13.2. The van der Waals surface area contributed by atoms with Gasteiger partial charge in [0.15, 0.2) is 0 Å². The number of aryl methyl sites for hydroxylation is 1. The van der Waals surface area contributed by atoms with Gasteiger partial charge in [-0.1, -0.05) is 24.3 Å². The largest absolute Gasteiger partial charge is 0.394 e. The summed E-state index contributed by atoms with van der Waals surface area (Å²) in [5, 5.41) is 18.0. The van der Waals surface area contributed by atoms with Gasteiger partial charge in [-0.25, -0.2) is 0 Å². The van der Waals surface area contributed by atoms with Crippen LogP contribution < -0.4 is 0 Å². The summed E-state index contributed by atoms with van der Waals surface area (Å²) in [7, 11) is 1.96. The van der Waals surface area contributed by atoms with Crippen molar-refractivity contribution in [2.24, 2.45) is 0 Å². The smallest absolute Gasteiger partial charge is 0.0897 e. The Labute approximate surface area is 97.3 Å². The van der Waals surface area contributed by atoms with Crippen molar-refractivity contribution < 1.29 is 10.2 Å². The van der Waals surface area contributed by atoms with Crippen LogP contribution in [0.5, 0.6) is 0 Å². The molecule has 0 radical (unpaired) electrons. The third-order valence-electron chi connectivity index (χ3n) is 2.76. The first-order chi connectivity index (χ1) is 7.63. The molecule has 0 fully saturated rings. The Morgan fingerprint density at radius 3 is 2.62 bits per heavy atom. The average Bonchev–Trinajstić information content (AvgIpc) is 2.28. The minimum atomic E-state index is -0.637. The normalized spacial score (nSPS) is 13.1. The minimum absolute atomic E-state index is 0.172. The van der Waals surface area contributed by atoms with Gasteiger partial charge in [-0.2, -0.15) is 0 Å². The Balaban J connectivity index is 2.37. The number of likely N-dealkylation sites (N-methyl/N-ethyl adjacent to an activating group) is 1. The molecule has 16 heavy (non-hydrogen) atoms. The second-order valence-corrected chi connectivity index (χ2v) is 4.28. The van der Waals surface area contributed by atoms with Crippen LogP contribution in [-0.2, 0) is 6.42 Å². The number of nitrogens with zero attached hydrogens (tertiary/aromatic N) is 1. The van der Waals surface area contributed by atoms with Crippen molar-refractivity contribution in [1.82, 2.24) is 4.90 Å². The topological polar surface area (TPSA) is 43.7 Å². The van der Waals surface area contributed by atoms with Crippen molar-refractivity contribution in [3.05, 3.63) is 35.4 Å². The molecule has 1 unspecified atom stereocenters. The van der Waals surface area contributed by atoms with Gasteiger partial charge in [-0.05, 0) is 31.5 Å². The maximum atomic E-state index is 9.29. The van der Waals surface area contributed by atoms with E-state index in [1.807, 2.05) is 24.1 Å². The van der Waals surface area contributed by atoms with Gasteiger partial charge < -0.3 is 15.1 Å². The van der Waals surface area contributed by atoms with E-state index in [4.69, 9.17) is 5.11 Å². The highest BCUT2D eigenvalue weighted by atomic mass is 16.3. The molecule has 0 amide bonds. The van der Waals surface area contributed by atoms with Gasteiger partial charge in [-0.15, -0.1) is 0 Å². The van der Waals surface area contributed by atoms with Crippen LogP contribution in [0.15, 0.2) is 24.3 Å². The van der Waals surface area contributed by atoms with Crippen molar-refractivity contribution in [3.8, 4) is 0 Å². The van der Waals surface area contributed by atoms with E-state index in [9.17, 15) is 5.11 Å². The van der Waals surface area contributed by atoms with E-state index in [2.05, 4.69) is 19.1 Å². The average molecular weight is 223 g/mol. The zero-order valence-corrected chi connectivity index (χ0v) is 10.1. The molecule has 90 valence electrons. The molecule has 0 aromatic heterocycles. The summed E-state index contributed by atoms with van der Waals surface area (Å²) in [6.07, 6.45) is 0.336. The summed E-state index contributed by atoms with van der Waals surface area (Å²) in [4.78, 5) is 2.04. The van der Waals surface area contributed by atoms with E-state index >= 15 is 0 Å². The Morgan fingerprint density at radius 1 is 1.31 bits per heavy atom. The minimum Gasteiger partial charge on any atom is -0.394 e. The highest BCUT2D eigenvalue weighted by Crippen LogP contribution is 2.08. The summed E-state index contributed by atoms with van der Waals surface area (Å²) >= 11 is 0. The maximum absolute atomic E-state index is 9.29. The number of hydrogen-bond acceptors (Lipinski definition) is 3. The van der Waals surface area contributed by atoms with Gasteiger partial charge in [0.25, 0.3) is 0 Å². The predicted molar refractivity (Wildman–Crippen MR) is 65.5 cm³/mol. The molecule has 0 bridgehead atoms. The SMILES string of the molecule is Cc1ccccc1CCN(C)CC(O)CO. The standard InChI is InChI=1S/C13H21NO2/c1-11-5-3-4-6-12(11)7-8-14(2)9-13(16)10-15/h3-6,13,15-16H,7-10H2,1-2H3. The molecule has 3 nitrogen and oxygen atoms in total. The molecule has 3 heteroatoms. The van der Waals surface area contributed by atoms with Crippen molar-refractivity contribution in [2.45, 2.75) is 19.4 Å². The second kappa shape index (κ2) is 6.63. The molecule has 0 aliphatic heterocycles. The van der Waals surface area contributed by atoms with Crippen LogP contribution in [-0.4, -0.2) is 48.0 Å². The molecule has 0 spiro atoms. The Morgan fingerprint density at radius 2 is 2.00 bits per heavy atom. The van der Waals surface area contributed by atoms with Crippen molar-refractivity contribution in [2.75, 3.05) is 26.7 Å². The van der Waals surface area contributed by atoms with Crippen LogP contribution >= 0.6 is 0 Å². The monoisotopic (exact) mass is 223 g/mol. The van der Waals surface area contributed by atoms with Gasteiger partial charge in [0.1, 0.15) is 0 Å². The number of rotatable bonds is 6. The lowest BCUT2D eigenvalue weighted by atomic mass is 10.1. The lowest BCUT2D eigenvalue weighted by Crippen LogP contribution is -2.32. The quantitative estimate of drug-likeness (QED) is 0.750. The summed E-state index contributed by atoms with van der Waals surface area (Å²) in [6.45, 7) is 3.34. The Bertz CT molecular complexity index is 315. The fourth-order valence-corrected chi connectivity index (χ4v) is 1.71. The van der Waals surface area contributed by atoms with Crippen molar-refractivity contribution in [1.29, 1.82) is 0 Å². The van der Waals surface area contributed by atoms with Gasteiger partial charge >= 0.3 is 0 Å². The molecule has 0 aliphatic rings. The molecule has 0 saturated heterocycles. The van der Waals surface area contributed by atoms with E-state index in [1.54, 1.807) is 0 Å². The Hall–Kier alpha value is -0.900. The molecule has 0 aliphatic carbocycles. The van der Waals surface area contributed by atoms with E-state index in [-0.39, 0.29) is 6.61 Å². The molecular weight excluding hydrogens is 202 g/mol. The molecule has 0 saturated carbocycles. The fraction of sp³-hybridized carbons (Fsp3) is 0.538. The van der Waals surface area contributed by atoms with Gasteiger partial charge in [-0.3, -0.25) is 0 Å². The van der Waals surface area contributed by atoms with Crippen LogP contribution in [0.3, 0.4) is 0 Å². The second-order valence-electron chi connectivity index (χ2n) is 4.28. The van der Waals surface area contributed by atoms with Crippen molar-refractivity contribution >= 4 is 0 Å². The fourth-order valence-electron chi connectivity index (χ4n) is 1.71. The van der Waals surface area contributed by atoms with Gasteiger partial charge in [0, 0.05) is 13.1 Å². The molecule has 1 aromatic carbocycles. The summed E-state index contributed by atoms with van der Waals surface area (Å²) in [6, 6.07) is 8.33. The first-order valence-electron chi connectivity index (χ1n) is 5.65. The van der Waals surface area contributed by atoms with Crippen LogP contribution in [0.2, 0.25) is 0 Å². The molecule has 2 N–H and O–H groups in total. The third kappa shape index (κ3) is 4.31. The number of benzene rings is 1. The van der Waals surface area contributed by atoms with E-state index in [0.29, 0.717) is 6.54 Å². The van der Waals surface area contributed by atoms with Gasteiger partial charge in [0.05, 0.1) is 12.7 Å². The van der Waals surface area contributed by atoms with Crippen LogP contribution in [0.4, 0.5) is 0 Å². The van der Waals surface area contributed by atoms with Crippen LogP contribution in [0.25, 0.3) is 0 Å². The first-order valence-corrected chi connectivity index (χ1v) is 5.65. The van der Waals surface area contributed by atoms with Crippen molar-refractivity contribution in [3.63, 3.8) is 0 Å². The maximum Gasteiger partial charge on any atom is 0.0897 e. The number of aliphatic hydroxyl groups excluding tert-OH is 2. The van der Waals surface area contributed by atoms with E-state index < -0.39 is 6.10 Å². The summed E-state index contributed by atoms with van der Waals surface area (Å²) < 4.78 is 0. The molecular formula is C13H21NO2. The van der Waals surface area contributed by atoms with Crippen LogP contribution in [0, 0.1) is 6.92 Å². The zero-order chi connectivity index (χ0) is 12.0. The van der Waals surface area contributed by atoms with Crippen LogP contribution in [0.1, 0.15) is 11.1 Å². The van der Waals surface area contributed by atoms with E-state index in [1.165, 1.54) is 11.1 Å². The Kier molecular flexibility index (Phi) is 5.46. The molecule has 1 aromatic rings. The number of aliphatic hydroxyl groups is 2. The van der Waals surface area contributed by atoms with Gasteiger partial charge in [0.2, 0.25) is 0 Å². The number of hydrogen-bond donors (Lipinski definition) is 2. The zero-order valence-electron chi connectivity index (χ0n) is 10.1. The lowest BCUT2D eigenvalue weighted by molar-refractivity contribution is 0.0669. The molecule has 1 atom stereocenters. The van der Waals surface area contributed by atoms with E-state index in [0.717, 1.165) is 13.0 Å². The molecule has 1 rings (SSSR count). The summed E-state index contributed by atoms with van der Waals surface area (Å²) in [5.41, 5.74) is 2.64. The highest BCUT2D eigenvalue weighted by molar-refractivity contribution is 5.25.